The van der Waals surface area contributed by atoms with E-state index in [9.17, 15) is 0 Å². The summed E-state index contributed by atoms with van der Waals surface area (Å²) in [6.45, 7) is 4.35. The monoisotopic (exact) mass is 357 g/mol. The summed E-state index contributed by atoms with van der Waals surface area (Å²) in [5.41, 5.74) is 1.51. The van der Waals surface area contributed by atoms with Crippen LogP contribution in [-0.2, 0) is 0 Å². The maximum atomic E-state index is 5.50. The predicted molar refractivity (Wildman–Crippen MR) is 102 cm³/mol. The van der Waals surface area contributed by atoms with Gasteiger partial charge in [-0.15, -0.1) is 6.58 Å². The number of benzene rings is 2. The highest BCUT2D eigenvalue weighted by Crippen LogP contribution is 2.38. The molecule has 2 aromatic carbocycles. The van der Waals surface area contributed by atoms with Crippen LogP contribution in [0.4, 0.5) is 11.5 Å². The largest absolute Gasteiger partial charge is 0.496 e. The topological polar surface area (TPSA) is 68.5 Å². The second-order valence-corrected chi connectivity index (χ2v) is 5.96. The third-order valence-corrected chi connectivity index (χ3v) is 4.39. The second kappa shape index (κ2) is 7.85. The number of nitrogens with zero attached hydrogens (tertiary/aromatic N) is 1. The highest BCUT2D eigenvalue weighted by atomic mass is 32.2. The normalized spacial score (nSPS) is 10.5. The van der Waals surface area contributed by atoms with Crippen LogP contribution in [0.1, 0.15) is 0 Å². The smallest absolute Gasteiger partial charge is 0.191 e. The van der Waals surface area contributed by atoms with Gasteiger partial charge in [0, 0.05) is 24.4 Å². The van der Waals surface area contributed by atoms with Crippen molar-refractivity contribution in [2.75, 3.05) is 30.8 Å². The maximum Gasteiger partial charge on any atom is 0.191 e. The molecule has 0 bridgehead atoms. The Bertz CT molecular complexity index is 879. The molecule has 1 heterocycles. The van der Waals surface area contributed by atoms with Gasteiger partial charge in [0.15, 0.2) is 11.4 Å². The summed E-state index contributed by atoms with van der Waals surface area (Å²) in [4.78, 5) is 0.949. The minimum absolute atomic E-state index is 0.595. The first-order chi connectivity index (χ1) is 12.3. The lowest BCUT2D eigenvalue weighted by Crippen LogP contribution is -1.98. The molecule has 130 valence electrons. The first-order valence-corrected chi connectivity index (χ1v) is 8.46. The van der Waals surface area contributed by atoms with E-state index in [1.54, 1.807) is 20.3 Å². The number of rotatable bonds is 8. The number of methoxy groups -OCH3 is 2. The summed E-state index contributed by atoms with van der Waals surface area (Å²) in [6.07, 6.45) is 1.79. The molecule has 0 spiro atoms. The van der Waals surface area contributed by atoms with Crippen LogP contribution in [0.2, 0.25) is 0 Å². The minimum Gasteiger partial charge on any atom is -0.496 e. The first kappa shape index (κ1) is 17.0. The second-order valence-electron chi connectivity index (χ2n) is 5.11. The molecule has 3 rings (SSSR count). The molecule has 25 heavy (non-hydrogen) atoms. The molecule has 0 aliphatic carbocycles. The summed E-state index contributed by atoms with van der Waals surface area (Å²) in [6, 6.07) is 11.5. The van der Waals surface area contributed by atoms with Crippen LogP contribution >= 0.6 is 11.9 Å². The fourth-order valence-corrected chi connectivity index (χ4v) is 3.11. The molecule has 0 amide bonds. The molecule has 0 radical (unpaired) electrons. The zero-order valence-corrected chi connectivity index (χ0v) is 14.9. The Hall–Kier alpha value is -2.80. The molecule has 7 heteroatoms. The van der Waals surface area contributed by atoms with Gasteiger partial charge in [0.25, 0.3) is 0 Å². The molecule has 0 aliphatic rings. The highest BCUT2D eigenvalue weighted by Gasteiger charge is 2.16. The third-order valence-electron chi connectivity index (χ3n) is 3.54. The number of para-hydroxylation sites is 1. The molecule has 0 saturated heterocycles. The van der Waals surface area contributed by atoms with E-state index in [1.165, 1.54) is 11.9 Å². The zero-order chi connectivity index (χ0) is 17.6. The minimum atomic E-state index is 0.595. The third kappa shape index (κ3) is 3.66. The van der Waals surface area contributed by atoms with Gasteiger partial charge in [-0.25, -0.2) is 0 Å². The van der Waals surface area contributed by atoms with Gasteiger partial charge in [-0.2, -0.15) is 0 Å². The van der Waals surface area contributed by atoms with E-state index in [-0.39, 0.29) is 0 Å². The van der Waals surface area contributed by atoms with Crippen LogP contribution in [-0.4, -0.2) is 25.9 Å². The van der Waals surface area contributed by atoms with E-state index in [0.717, 1.165) is 21.7 Å². The summed E-state index contributed by atoms with van der Waals surface area (Å²) in [7, 11) is 3.27. The van der Waals surface area contributed by atoms with E-state index >= 15 is 0 Å². The highest BCUT2D eigenvalue weighted by molar-refractivity contribution is 8.00. The van der Waals surface area contributed by atoms with Gasteiger partial charge in [-0.3, -0.25) is 0 Å². The number of nitrogens with one attached hydrogen (secondary N) is 2. The average Bonchev–Trinajstić information content (AvgIpc) is 3.07. The number of anilines is 2. The van der Waals surface area contributed by atoms with Crippen LogP contribution in [0.25, 0.3) is 11.0 Å². The van der Waals surface area contributed by atoms with Gasteiger partial charge in [0.05, 0.1) is 19.1 Å². The molecule has 0 aliphatic heterocycles. The van der Waals surface area contributed by atoms with E-state index in [4.69, 9.17) is 14.0 Å². The van der Waals surface area contributed by atoms with Crippen LogP contribution in [0.15, 0.2) is 58.5 Å². The summed E-state index contributed by atoms with van der Waals surface area (Å²) in [5, 5.41) is 8.12. The van der Waals surface area contributed by atoms with Gasteiger partial charge in [-0.05, 0) is 24.1 Å². The maximum absolute atomic E-state index is 5.50. The van der Waals surface area contributed by atoms with Gasteiger partial charge in [0.1, 0.15) is 16.9 Å². The quantitative estimate of drug-likeness (QED) is 0.452. The van der Waals surface area contributed by atoms with Crippen molar-refractivity contribution in [2.45, 2.75) is 4.90 Å². The molecular formula is C18H19N3O3S. The average molecular weight is 357 g/mol. The zero-order valence-electron chi connectivity index (χ0n) is 14.0. The van der Waals surface area contributed by atoms with Gasteiger partial charge < -0.3 is 24.0 Å². The number of fused-ring (bicyclic) bond motifs is 1. The molecule has 1 aromatic heterocycles. The lowest BCUT2D eigenvalue weighted by atomic mass is 10.2. The Balaban J connectivity index is 1.88. The van der Waals surface area contributed by atoms with Crippen LogP contribution in [0.5, 0.6) is 11.5 Å². The van der Waals surface area contributed by atoms with Crippen LogP contribution < -0.4 is 19.5 Å². The van der Waals surface area contributed by atoms with E-state index < -0.39 is 0 Å². The summed E-state index contributed by atoms with van der Waals surface area (Å²) >= 11 is 1.40. The van der Waals surface area contributed by atoms with Crippen molar-refractivity contribution in [3.05, 3.63) is 49.1 Å². The van der Waals surface area contributed by atoms with E-state index in [1.807, 2.05) is 36.4 Å². The number of hydrogen-bond acceptors (Lipinski definition) is 7. The Kier molecular flexibility index (Phi) is 5.35. The lowest BCUT2D eigenvalue weighted by Gasteiger charge is -2.09. The molecule has 0 saturated carbocycles. The van der Waals surface area contributed by atoms with Gasteiger partial charge >= 0.3 is 0 Å². The molecule has 0 unspecified atom stereocenters. The molecule has 3 aromatic rings. The van der Waals surface area contributed by atoms with Crippen molar-refractivity contribution >= 4 is 34.4 Å². The van der Waals surface area contributed by atoms with Gasteiger partial charge in [0.2, 0.25) is 0 Å². The summed E-state index contributed by atoms with van der Waals surface area (Å²) in [5.74, 6) is 2.06. The molecule has 0 fully saturated rings. The fourth-order valence-electron chi connectivity index (χ4n) is 2.36. The molecule has 6 nitrogen and oxygen atoms in total. The lowest BCUT2D eigenvalue weighted by molar-refractivity contribution is 0.405. The van der Waals surface area contributed by atoms with Crippen LogP contribution in [0.3, 0.4) is 0 Å². The Labute approximate surface area is 150 Å². The summed E-state index contributed by atoms with van der Waals surface area (Å²) < 4.78 is 19.5. The molecular weight excluding hydrogens is 338 g/mol. The first-order valence-electron chi connectivity index (χ1n) is 7.65. The van der Waals surface area contributed by atoms with Gasteiger partial charge in [-0.1, -0.05) is 23.4 Å². The van der Waals surface area contributed by atoms with Crippen molar-refractivity contribution in [3.8, 4) is 11.5 Å². The Morgan fingerprint density at radius 2 is 2.00 bits per heavy atom. The van der Waals surface area contributed by atoms with Crippen LogP contribution in [0, 0.1) is 0 Å². The predicted octanol–water partition coefficient (Wildman–Crippen LogP) is 4.56. The fraction of sp³-hybridized carbons (Fsp3) is 0.167. The number of aromatic nitrogens is 1. The SMILES string of the molecule is C=CCNc1cc(OC)c2c(NSc3ccccc3OC)noc2c1. The molecule has 0 atom stereocenters. The number of hydrogen-bond donors (Lipinski definition) is 2. The van der Waals surface area contributed by atoms with Crippen molar-refractivity contribution in [1.82, 2.24) is 5.16 Å². The molecule has 2 N–H and O–H groups in total. The van der Waals surface area contributed by atoms with Crippen molar-refractivity contribution in [2.24, 2.45) is 0 Å². The number of ether oxygens (including phenoxy) is 2. The van der Waals surface area contributed by atoms with E-state index in [0.29, 0.717) is 23.7 Å². The Morgan fingerprint density at radius 3 is 2.76 bits per heavy atom. The van der Waals surface area contributed by atoms with Crippen molar-refractivity contribution in [1.29, 1.82) is 0 Å². The standard InChI is InChI=1S/C18H19N3O3S/c1-4-9-19-12-10-14(23-3)17-15(11-12)24-20-18(17)21-25-16-8-6-5-7-13(16)22-2/h4-8,10-11,19H,1,9H2,2-3H3,(H,20,21). The van der Waals surface area contributed by atoms with E-state index in [2.05, 4.69) is 21.8 Å². The van der Waals surface area contributed by atoms with Crippen molar-refractivity contribution < 1.29 is 14.0 Å². The Morgan fingerprint density at radius 1 is 1.20 bits per heavy atom. The van der Waals surface area contributed by atoms with Crippen molar-refractivity contribution in [3.63, 3.8) is 0 Å².